The Morgan fingerprint density at radius 1 is 1.35 bits per heavy atom. The van der Waals surface area contributed by atoms with Crippen LogP contribution in [0.4, 0.5) is 0 Å². The van der Waals surface area contributed by atoms with E-state index in [0.717, 1.165) is 42.8 Å². The first-order chi connectivity index (χ1) is 10.8. The molecule has 3 heteroatoms. The number of hydrogen-bond acceptors (Lipinski definition) is 3. The summed E-state index contributed by atoms with van der Waals surface area (Å²) in [6.45, 7) is 13.3. The van der Waals surface area contributed by atoms with E-state index in [-0.39, 0.29) is 17.1 Å². The van der Waals surface area contributed by atoms with Gasteiger partial charge in [0.1, 0.15) is 5.75 Å². The number of carbonyl (C=O) groups excluding carboxylic acids is 1. The van der Waals surface area contributed by atoms with E-state index in [2.05, 4.69) is 39.9 Å². The lowest BCUT2D eigenvalue weighted by atomic mass is 9.83. The van der Waals surface area contributed by atoms with Crippen molar-refractivity contribution in [1.82, 2.24) is 5.32 Å². The van der Waals surface area contributed by atoms with Crippen LogP contribution in [0.1, 0.15) is 63.4 Å². The van der Waals surface area contributed by atoms with Gasteiger partial charge in [0.2, 0.25) is 0 Å². The molecule has 0 amide bonds. The Labute approximate surface area is 140 Å². The third-order valence-electron chi connectivity index (χ3n) is 4.31. The van der Waals surface area contributed by atoms with Gasteiger partial charge in [0.15, 0.2) is 5.78 Å². The molecule has 0 spiro atoms. The van der Waals surface area contributed by atoms with Crippen molar-refractivity contribution in [3.63, 3.8) is 0 Å². The van der Waals surface area contributed by atoms with Gasteiger partial charge in [-0.1, -0.05) is 34.6 Å². The molecule has 0 aliphatic carbocycles. The van der Waals surface area contributed by atoms with Crippen molar-refractivity contribution in [3.8, 4) is 5.75 Å². The summed E-state index contributed by atoms with van der Waals surface area (Å²) in [5.74, 6) is 1.76. The fourth-order valence-electron chi connectivity index (χ4n) is 2.96. The molecule has 23 heavy (non-hydrogen) atoms. The van der Waals surface area contributed by atoms with Gasteiger partial charge in [-0.2, -0.15) is 0 Å². The molecule has 1 saturated heterocycles. The maximum atomic E-state index is 12.8. The number of hydrogen-bond donors (Lipinski definition) is 1. The smallest absolute Gasteiger partial charge is 0.167 e. The second kappa shape index (κ2) is 7.48. The van der Waals surface area contributed by atoms with E-state index in [9.17, 15) is 4.79 Å². The maximum absolute atomic E-state index is 12.8. The number of ketones is 1. The van der Waals surface area contributed by atoms with Crippen LogP contribution in [0.15, 0.2) is 18.2 Å². The predicted octanol–water partition coefficient (Wildman–Crippen LogP) is 4.20. The van der Waals surface area contributed by atoms with E-state index < -0.39 is 0 Å². The largest absolute Gasteiger partial charge is 0.493 e. The van der Waals surface area contributed by atoms with Crippen molar-refractivity contribution in [3.05, 3.63) is 29.3 Å². The molecule has 1 fully saturated rings. The Morgan fingerprint density at radius 2 is 2.09 bits per heavy atom. The minimum absolute atomic E-state index is 0.0482. The fourth-order valence-corrected chi connectivity index (χ4v) is 2.96. The van der Waals surface area contributed by atoms with Gasteiger partial charge in [0.25, 0.3) is 0 Å². The first-order valence-electron chi connectivity index (χ1n) is 8.81. The van der Waals surface area contributed by atoms with Crippen molar-refractivity contribution >= 4 is 5.78 Å². The summed E-state index contributed by atoms with van der Waals surface area (Å²) in [6.07, 6.45) is 2.07. The minimum atomic E-state index is -0.0482. The standard InChI is InChI=1S/C20H31NO2/c1-14(2)13-23-18-9-8-15(11-17(18)20(3,4)5)19(22)16-7-6-10-21-12-16/h8-9,11,14,16,21H,6-7,10,12-13H2,1-5H3. The van der Waals surface area contributed by atoms with Gasteiger partial charge in [0.05, 0.1) is 6.61 Å². The van der Waals surface area contributed by atoms with Crippen molar-refractivity contribution in [1.29, 1.82) is 0 Å². The summed E-state index contributed by atoms with van der Waals surface area (Å²) in [5, 5.41) is 3.33. The normalized spacial score (nSPS) is 19.0. The molecule has 0 radical (unpaired) electrons. The molecule has 1 heterocycles. The number of carbonyl (C=O) groups is 1. The van der Waals surface area contributed by atoms with Gasteiger partial charge in [-0.05, 0) is 48.9 Å². The first-order valence-corrected chi connectivity index (χ1v) is 8.81. The number of ether oxygens (including phenoxy) is 1. The lowest BCUT2D eigenvalue weighted by Gasteiger charge is -2.26. The number of benzene rings is 1. The lowest BCUT2D eigenvalue weighted by Crippen LogP contribution is -2.34. The van der Waals surface area contributed by atoms with Gasteiger partial charge in [-0.15, -0.1) is 0 Å². The molecule has 128 valence electrons. The number of piperidine rings is 1. The highest BCUT2D eigenvalue weighted by molar-refractivity contribution is 5.98. The maximum Gasteiger partial charge on any atom is 0.167 e. The average molecular weight is 317 g/mol. The van der Waals surface area contributed by atoms with E-state index in [0.29, 0.717) is 12.5 Å². The molecule has 0 saturated carbocycles. The molecular weight excluding hydrogens is 286 g/mol. The molecule has 0 aromatic heterocycles. The van der Waals surface area contributed by atoms with Crippen LogP contribution in [0.5, 0.6) is 5.75 Å². The van der Waals surface area contributed by atoms with Gasteiger partial charge >= 0.3 is 0 Å². The highest BCUT2D eigenvalue weighted by Crippen LogP contribution is 2.33. The summed E-state index contributed by atoms with van der Waals surface area (Å²) in [7, 11) is 0. The van der Waals surface area contributed by atoms with Crippen LogP contribution in [0.25, 0.3) is 0 Å². The topological polar surface area (TPSA) is 38.3 Å². The quantitative estimate of drug-likeness (QED) is 0.827. The van der Waals surface area contributed by atoms with Crippen molar-refractivity contribution in [2.45, 2.75) is 52.9 Å². The average Bonchev–Trinajstić information content (AvgIpc) is 2.52. The molecule has 1 atom stereocenters. The molecule has 3 nitrogen and oxygen atoms in total. The Morgan fingerprint density at radius 3 is 2.65 bits per heavy atom. The summed E-state index contributed by atoms with van der Waals surface area (Å²) in [4.78, 5) is 12.8. The van der Waals surface area contributed by atoms with Crippen molar-refractivity contribution in [2.24, 2.45) is 11.8 Å². The van der Waals surface area contributed by atoms with Crippen LogP contribution in [0, 0.1) is 11.8 Å². The molecule has 1 aliphatic rings. The van der Waals surface area contributed by atoms with Gasteiger partial charge < -0.3 is 10.1 Å². The zero-order valence-corrected chi connectivity index (χ0v) is 15.2. The minimum Gasteiger partial charge on any atom is -0.493 e. The van der Waals surface area contributed by atoms with Crippen molar-refractivity contribution < 1.29 is 9.53 Å². The zero-order chi connectivity index (χ0) is 17.0. The summed E-state index contributed by atoms with van der Waals surface area (Å²) < 4.78 is 5.98. The third-order valence-corrected chi connectivity index (χ3v) is 4.31. The second-order valence-corrected chi connectivity index (χ2v) is 8.07. The monoisotopic (exact) mass is 317 g/mol. The number of Topliss-reactive ketones (excluding diaryl/α,β-unsaturated/α-hetero) is 1. The molecule has 1 N–H and O–H groups in total. The van der Waals surface area contributed by atoms with Crippen LogP contribution in [-0.4, -0.2) is 25.5 Å². The van der Waals surface area contributed by atoms with E-state index in [1.807, 2.05) is 18.2 Å². The lowest BCUT2D eigenvalue weighted by molar-refractivity contribution is 0.0899. The van der Waals surface area contributed by atoms with Gasteiger partial charge in [-0.3, -0.25) is 4.79 Å². The third kappa shape index (κ3) is 4.81. The Balaban J connectivity index is 2.26. The number of rotatable bonds is 5. The van der Waals surface area contributed by atoms with Crippen LogP contribution >= 0.6 is 0 Å². The Kier molecular flexibility index (Phi) is 5.85. The molecule has 0 bridgehead atoms. The molecule has 1 unspecified atom stereocenters. The molecule has 1 aliphatic heterocycles. The Hall–Kier alpha value is -1.35. The molecule has 2 rings (SSSR count). The summed E-state index contributed by atoms with van der Waals surface area (Å²) in [5.41, 5.74) is 1.89. The predicted molar refractivity (Wildman–Crippen MR) is 95.4 cm³/mol. The first kappa shape index (κ1) is 18.0. The SMILES string of the molecule is CC(C)COc1ccc(C(=O)C2CCCNC2)cc1C(C)(C)C. The zero-order valence-electron chi connectivity index (χ0n) is 15.2. The Bertz CT molecular complexity index is 537. The molecule has 1 aromatic rings. The van der Waals surface area contributed by atoms with Crippen LogP contribution < -0.4 is 10.1 Å². The molecular formula is C20H31NO2. The second-order valence-electron chi connectivity index (χ2n) is 8.07. The highest BCUT2D eigenvalue weighted by Gasteiger charge is 2.25. The number of nitrogens with one attached hydrogen (secondary N) is 1. The van der Waals surface area contributed by atoms with E-state index in [1.54, 1.807) is 0 Å². The van der Waals surface area contributed by atoms with Gasteiger partial charge in [-0.25, -0.2) is 0 Å². The molecule has 1 aromatic carbocycles. The van der Waals surface area contributed by atoms with E-state index >= 15 is 0 Å². The van der Waals surface area contributed by atoms with Crippen LogP contribution in [0.2, 0.25) is 0 Å². The van der Waals surface area contributed by atoms with Crippen molar-refractivity contribution in [2.75, 3.05) is 19.7 Å². The highest BCUT2D eigenvalue weighted by atomic mass is 16.5. The fraction of sp³-hybridized carbons (Fsp3) is 0.650. The van der Waals surface area contributed by atoms with E-state index in [1.165, 1.54) is 0 Å². The summed E-state index contributed by atoms with van der Waals surface area (Å²) >= 11 is 0. The van der Waals surface area contributed by atoms with E-state index in [4.69, 9.17) is 4.74 Å². The van der Waals surface area contributed by atoms with Crippen LogP contribution in [0.3, 0.4) is 0 Å². The van der Waals surface area contributed by atoms with Crippen LogP contribution in [-0.2, 0) is 5.41 Å². The summed E-state index contributed by atoms with van der Waals surface area (Å²) in [6, 6.07) is 5.96. The van der Waals surface area contributed by atoms with Gasteiger partial charge in [0, 0.05) is 23.6 Å².